The van der Waals surface area contributed by atoms with Crippen LogP contribution in [0.3, 0.4) is 0 Å². The van der Waals surface area contributed by atoms with Crippen molar-refractivity contribution in [2.45, 2.75) is 11.1 Å². The van der Waals surface area contributed by atoms with Gasteiger partial charge < -0.3 is 0 Å². The second-order valence-electron chi connectivity index (χ2n) is 2.60. The van der Waals surface area contributed by atoms with Crippen LogP contribution in [-0.2, 0) is 0 Å². The molecule has 1 rings (SSSR count). The van der Waals surface area contributed by atoms with Gasteiger partial charge in [0, 0.05) is 9.37 Å². The Balaban J connectivity index is 2.82. The lowest BCUT2D eigenvalue weighted by Crippen LogP contribution is -2.10. The monoisotopic (exact) mass is 322 g/mol. The van der Waals surface area contributed by atoms with Crippen molar-refractivity contribution in [3.63, 3.8) is 0 Å². The van der Waals surface area contributed by atoms with Gasteiger partial charge in [0.1, 0.15) is 5.82 Å². The average molecular weight is 324 g/mol. The van der Waals surface area contributed by atoms with Gasteiger partial charge in [0.05, 0.1) is 10.8 Å². The molecule has 0 unspecified atom stereocenters. The van der Waals surface area contributed by atoms with E-state index in [9.17, 15) is 17.6 Å². The van der Waals surface area contributed by atoms with Gasteiger partial charge in [-0.25, -0.2) is 4.39 Å². The Bertz CT molecular complexity index is 366. The van der Waals surface area contributed by atoms with E-state index in [4.69, 9.17) is 11.6 Å². The van der Waals surface area contributed by atoms with E-state index in [2.05, 4.69) is 15.9 Å². The van der Waals surface area contributed by atoms with Crippen LogP contribution in [0, 0.1) is 5.82 Å². The van der Waals surface area contributed by atoms with Crippen LogP contribution in [0.25, 0.3) is 0 Å². The van der Waals surface area contributed by atoms with Crippen LogP contribution in [0.15, 0.2) is 21.5 Å². The number of rotatable bonds is 2. The molecule has 0 spiro atoms. The minimum absolute atomic E-state index is 0.0800. The van der Waals surface area contributed by atoms with Gasteiger partial charge in [0.2, 0.25) is 0 Å². The van der Waals surface area contributed by atoms with Gasteiger partial charge in [0.25, 0.3) is 0 Å². The fraction of sp³-hybridized carbons (Fsp3) is 0.250. The van der Waals surface area contributed by atoms with E-state index in [0.29, 0.717) is 16.2 Å². The zero-order valence-corrected chi connectivity index (χ0v) is 10.2. The average Bonchev–Trinajstić information content (AvgIpc) is 2.07. The third-order valence-electron chi connectivity index (χ3n) is 1.37. The molecular formula is C8H4BrClF4S. The SMILES string of the molecule is Fc1cc(Cl)c(Br)cc1SCC(F)(F)F. The van der Waals surface area contributed by atoms with Crippen LogP contribution in [-0.4, -0.2) is 11.9 Å². The summed E-state index contributed by atoms with van der Waals surface area (Å²) < 4.78 is 49.1. The first-order valence-corrected chi connectivity index (χ1v) is 5.79. The van der Waals surface area contributed by atoms with Gasteiger partial charge in [-0.05, 0) is 28.1 Å². The first-order chi connectivity index (χ1) is 6.79. The van der Waals surface area contributed by atoms with Crippen LogP contribution in [0.5, 0.6) is 0 Å². The summed E-state index contributed by atoms with van der Waals surface area (Å²) in [6, 6.07) is 2.21. The van der Waals surface area contributed by atoms with Gasteiger partial charge in [-0.3, -0.25) is 0 Å². The van der Waals surface area contributed by atoms with Gasteiger partial charge in [0.15, 0.2) is 0 Å². The van der Waals surface area contributed by atoms with E-state index < -0.39 is 17.7 Å². The number of hydrogen-bond donors (Lipinski definition) is 0. The highest BCUT2D eigenvalue weighted by molar-refractivity contribution is 9.10. The van der Waals surface area contributed by atoms with Gasteiger partial charge >= 0.3 is 6.18 Å². The summed E-state index contributed by atoms with van der Waals surface area (Å²) in [6.07, 6.45) is -4.32. The zero-order valence-electron chi connectivity index (χ0n) is 7.04. The molecule has 0 atom stereocenters. The normalized spacial score (nSPS) is 11.9. The summed E-state index contributed by atoms with van der Waals surface area (Å²) in [6.45, 7) is 0. The van der Waals surface area contributed by atoms with E-state index in [1.807, 2.05) is 0 Å². The molecule has 0 nitrogen and oxygen atoms in total. The second-order valence-corrected chi connectivity index (χ2v) is 4.88. The summed E-state index contributed by atoms with van der Waals surface area (Å²) in [5.74, 6) is -1.88. The van der Waals surface area contributed by atoms with Crippen LogP contribution >= 0.6 is 39.3 Å². The molecule has 7 heteroatoms. The summed E-state index contributed by atoms with van der Waals surface area (Å²) in [7, 11) is 0. The third-order valence-corrected chi connectivity index (χ3v) is 3.66. The minimum atomic E-state index is -4.32. The summed E-state index contributed by atoms with van der Waals surface area (Å²) >= 11 is 8.95. The lowest BCUT2D eigenvalue weighted by molar-refractivity contribution is -0.105. The van der Waals surface area contributed by atoms with Crippen molar-refractivity contribution in [2.75, 3.05) is 5.75 Å². The first-order valence-electron chi connectivity index (χ1n) is 3.63. The largest absolute Gasteiger partial charge is 0.398 e. The third kappa shape index (κ3) is 4.20. The van der Waals surface area contributed by atoms with Crippen molar-refractivity contribution >= 4 is 39.3 Å². The smallest absolute Gasteiger partial charge is 0.206 e. The molecule has 0 bridgehead atoms. The van der Waals surface area contributed by atoms with Crippen molar-refractivity contribution in [3.05, 3.63) is 27.4 Å². The molecule has 0 radical (unpaired) electrons. The summed E-state index contributed by atoms with van der Waals surface area (Å²) in [5.41, 5.74) is 0. The van der Waals surface area contributed by atoms with E-state index in [-0.39, 0.29) is 9.92 Å². The highest BCUT2D eigenvalue weighted by atomic mass is 79.9. The van der Waals surface area contributed by atoms with Gasteiger partial charge in [-0.1, -0.05) is 11.6 Å². The maximum absolute atomic E-state index is 13.1. The molecule has 0 aliphatic carbocycles. The van der Waals surface area contributed by atoms with Crippen LogP contribution in [0.2, 0.25) is 5.02 Å². The molecule has 1 aromatic rings. The number of hydrogen-bond acceptors (Lipinski definition) is 1. The molecule has 0 aliphatic heterocycles. The standard InChI is InChI=1S/C8H4BrClF4S/c9-4-1-7(6(11)2-5(4)10)15-3-8(12,13)14/h1-2H,3H2. The highest BCUT2D eigenvalue weighted by Gasteiger charge is 2.27. The van der Waals surface area contributed by atoms with Gasteiger partial charge in [-0.15, -0.1) is 11.8 Å². The maximum Gasteiger partial charge on any atom is 0.398 e. The molecule has 0 fully saturated rings. The molecular weight excluding hydrogens is 320 g/mol. The topological polar surface area (TPSA) is 0 Å². The Kier molecular flexibility index (Phi) is 4.31. The van der Waals surface area contributed by atoms with E-state index in [0.717, 1.165) is 6.07 Å². The number of alkyl halides is 3. The van der Waals surface area contributed by atoms with Crippen molar-refractivity contribution < 1.29 is 17.6 Å². The predicted octanol–water partition coefficient (Wildman–Crippen LogP) is 4.90. The van der Waals surface area contributed by atoms with E-state index in [1.54, 1.807) is 0 Å². The van der Waals surface area contributed by atoms with Crippen molar-refractivity contribution in [3.8, 4) is 0 Å². The summed E-state index contributed by atoms with van der Waals surface area (Å²) in [5, 5.41) is 0.129. The lowest BCUT2D eigenvalue weighted by atomic mass is 10.3. The number of halogens is 6. The van der Waals surface area contributed by atoms with Crippen LogP contribution < -0.4 is 0 Å². The van der Waals surface area contributed by atoms with E-state index >= 15 is 0 Å². The Morgan fingerprint density at radius 1 is 1.33 bits per heavy atom. The first kappa shape index (κ1) is 13.1. The number of benzene rings is 1. The lowest BCUT2D eigenvalue weighted by Gasteiger charge is -2.07. The predicted molar refractivity (Wildman–Crippen MR) is 55.9 cm³/mol. The van der Waals surface area contributed by atoms with E-state index in [1.165, 1.54) is 6.07 Å². The fourth-order valence-electron chi connectivity index (χ4n) is 0.775. The Labute approximate surface area is 101 Å². The highest BCUT2D eigenvalue weighted by Crippen LogP contribution is 2.33. The quantitative estimate of drug-likeness (QED) is 0.424. The second kappa shape index (κ2) is 4.93. The molecule has 15 heavy (non-hydrogen) atoms. The molecule has 0 saturated heterocycles. The van der Waals surface area contributed by atoms with Crippen LogP contribution in [0.1, 0.15) is 0 Å². The summed E-state index contributed by atoms with van der Waals surface area (Å²) in [4.78, 5) is -0.0800. The minimum Gasteiger partial charge on any atom is -0.206 e. The Morgan fingerprint density at radius 2 is 1.93 bits per heavy atom. The maximum atomic E-state index is 13.1. The van der Waals surface area contributed by atoms with Gasteiger partial charge in [-0.2, -0.15) is 13.2 Å². The molecule has 0 amide bonds. The van der Waals surface area contributed by atoms with Crippen LogP contribution in [0.4, 0.5) is 17.6 Å². The Morgan fingerprint density at radius 3 is 2.47 bits per heavy atom. The molecule has 0 aliphatic rings. The number of thioether (sulfide) groups is 1. The Hall–Kier alpha value is 0.0600. The molecule has 0 heterocycles. The van der Waals surface area contributed by atoms with Crippen molar-refractivity contribution in [1.29, 1.82) is 0 Å². The zero-order chi connectivity index (χ0) is 11.6. The molecule has 84 valence electrons. The molecule has 1 aromatic carbocycles. The molecule has 0 saturated carbocycles. The molecule has 0 aromatic heterocycles. The van der Waals surface area contributed by atoms with Crippen molar-refractivity contribution in [2.24, 2.45) is 0 Å². The fourth-order valence-corrected chi connectivity index (χ4v) is 2.14. The van der Waals surface area contributed by atoms with Crippen molar-refractivity contribution in [1.82, 2.24) is 0 Å². The molecule has 0 N–H and O–H groups in total.